The van der Waals surface area contributed by atoms with Gasteiger partial charge in [0, 0.05) is 131 Å². The number of nitro benzene ring substituents is 2. The lowest BCUT2D eigenvalue weighted by atomic mass is 10.0. The Bertz CT molecular complexity index is 7550. The topological polar surface area (TPSA) is 130 Å². The van der Waals surface area contributed by atoms with E-state index in [1.807, 2.05) is 73.4 Å². The summed E-state index contributed by atoms with van der Waals surface area (Å²) in [5.74, 6) is 0. The molecule has 0 unspecified atom stereocenters. The third-order valence-electron chi connectivity index (χ3n) is 24.3. The van der Waals surface area contributed by atoms with E-state index in [2.05, 4.69) is 414 Å². The maximum Gasteiger partial charge on any atom is 0.271 e. The Labute approximate surface area is 760 Å². The monoisotopic (exact) mass is 1690 g/mol. The van der Waals surface area contributed by atoms with Gasteiger partial charge in [-0.25, -0.2) is 0 Å². The van der Waals surface area contributed by atoms with Crippen molar-refractivity contribution in [1.82, 2.24) is 0 Å². The third kappa shape index (κ3) is 18.1. The van der Waals surface area contributed by atoms with E-state index >= 15 is 0 Å². The van der Waals surface area contributed by atoms with E-state index in [0.29, 0.717) is 5.56 Å². The zero-order valence-corrected chi connectivity index (χ0v) is 72.2. The summed E-state index contributed by atoms with van der Waals surface area (Å²) in [7, 11) is 5.91. The fraction of sp³-hybridized carbons (Fsp3) is 0.0254. The number of rotatable bonds is 20. The van der Waals surface area contributed by atoms with E-state index in [0.717, 1.165) is 119 Å². The number of non-ortho nitro benzene ring substituents is 2. The first-order valence-corrected chi connectivity index (χ1v) is 43.4. The van der Waals surface area contributed by atoms with E-state index in [9.17, 15) is 20.2 Å². The molecule has 13 nitrogen and oxygen atoms in total. The van der Waals surface area contributed by atoms with Gasteiger partial charge in [-0.15, -0.1) is 0 Å². The molecule has 0 saturated heterocycles. The van der Waals surface area contributed by atoms with Gasteiger partial charge in [0.2, 0.25) is 0 Å². The summed E-state index contributed by atoms with van der Waals surface area (Å²) >= 11 is 0. The fourth-order valence-corrected chi connectivity index (χ4v) is 17.1. The molecule has 21 aromatic carbocycles. The van der Waals surface area contributed by atoms with E-state index in [4.69, 9.17) is 5.26 Å². The standard InChI is InChI=1S/C40H29N3.2C39H29N3O2/c1-42(36-18-10-29(28-41)11-19-36)37-20-12-32(13-21-37)33-14-22-38(23-15-33)43(39-24-16-30-6-2-4-8-34(30)26-39)40-25-17-31-7-3-5-9-35(31)27-40;1-40(36-11-6-12-39(27-36)42(43)44)34-19-13-30(14-20-34)31-15-21-35(22-16-31)41(37-23-17-28-7-2-4-9-32(28)25-37)38-24-18-29-8-3-5-10-33(29)26-38;1-40(35-22-24-37(25-23-35)42(43)44)34-16-10-30(11-17-34)31-12-18-36(19-13-31)41(38-20-14-28-6-2-4-8-32(28)26-38)39-21-15-29-7-3-5-9-33(29)27-39/h2-27H,1H3;2*2-27H,1H3. The molecule has 0 aromatic heterocycles. The largest absolute Gasteiger partial charge is 0.345 e. The zero-order chi connectivity index (χ0) is 89.3. The predicted molar refractivity (Wildman–Crippen MR) is 546 cm³/mol. The molecule has 21 aromatic rings. The van der Waals surface area contributed by atoms with Crippen LogP contribution in [0, 0.1) is 31.6 Å². The Hall–Kier alpha value is -17.7. The number of hydrogen-bond acceptors (Lipinski definition) is 11. The summed E-state index contributed by atoms with van der Waals surface area (Å²) in [4.78, 5) is 34.5. The van der Waals surface area contributed by atoms with Crippen LogP contribution in [0.25, 0.3) is 98.0 Å². The molecule has 131 heavy (non-hydrogen) atoms. The maximum absolute atomic E-state index is 11.2. The van der Waals surface area contributed by atoms with Gasteiger partial charge in [0.1, 0.15) is 0 Å². The normalized spacial score (nSPS) is 11.0. The van der Waals surface area contributed by atoms with Gasteiger partial charge in [-0.1, -0.05) is 261 Å². The van der Waals surface area contributed by atoms with E-state index in [-0.39, 0.29) is 21.2 Å². The average Bonchev–Trinajstić information content (AvgIpc) is 0.783. The highest BCUT2D eigenvalue weighted by atomic mass is 16.6. The molecule has 0 fully saturated rings. The second-order valence-corrected chi connectivity index (χ2v) is 32.4. The Kier molecular flexibility index (Phi) is 23.5. The summed E-state index contributed by atoms with van der Waals surface area (Å²) < 4.78 is 0. The summed E-state index contributed by atoms with van der Waals surface area (Å²) in [5, 5.41) is 45.9. The van der Waals surface area contributed by atoms with Crippen LogP contribution in [0.15, 0.2) is 473 Å². The van der Waals surface area contributed by atoms with Crippen LogP contribution in [0.5, 0.6) is 0 Å². The SMILES string of the molecule is CN(c1ccc(-c2ccc(N(c3ccc4ccccc4c3)c3ccc4ccccc4c3)cc2)cc1)c1ccc([N+](=O)[O-])cc1.CN(c1ccc(-c2ccc(N(c3ccc4ccccc4c3)c3ccc4ccccc4c3)cc2)cc1)c1cccc([N+](=O)[O-])c1.CN(c1ccc(C#N)cc1)c1ccc(-c2ccc(N(c3ccc4ccccc4c3)c3ccc4ccccc4c3)cc2)cc1. The van der Waals surface area contributed by atoms with Crippen LogP contribution in [-0.2, 0) is 0 Å². The van der Waals surface area contributed by atoms with Crippen LogP contribution in [0.4, 0.5) is 96.7 Å². The number of nitro groups is 2. The molecule has 13 heteroatoms. The quantitative estimate of drug-likeness (QED) is 0.0534. The number of nitriles is 1. The molecule has 0 radical (unpaired) electrons. The highest BCUT2D eigenvalue weighted by Gasteiger charge is 2.21. The summed E-state index contributed by atoms with van der Waals surface area (Å²) in [6, 6.07) is 165. The second kappa shape index (κ2) is 37.2. The summed E-state index contributed by atoms with van der Waals surface area (Å²) in [6.45, 7) is 0. The second-order valence-electron chi connectivity index (χ2n) is 32.4. The molecule has 0 heterocycles. The number of anilines is 15. The Morgan fingerprint density at radius 1 is 0.191 bits per heavy atom. The van der Waals surface area contributed by atoms with Crippen molar-refractivity contribution in [3.63, 3.8) is 0 Å². The number of nitrogens with zero attached hydrogens (tertiary/aromatic N) is 9. The molecular formula is C118H87N9O4. The van der Waals surface area contributed by atoms with Crippen molar-refractivity contribution in [2.45, 2.75) is 0 Å². The van der Waals surface area contributed by atoms with Crippen LogP contribution in [0.3, 0.4) is 0 Å². The summed E-state index contributed by atoms with van der Waals surface area (Å²) in [6.07, 6.45) is 0. The molecule has 0 N–H and O–H groups in total. The molecule has 0 atom stereocenters. The molecule has 0 aliphatic rings. The van der Waals surface area contributed by atoms with Crippen molar-refractivity contribution < 1.29 is 9.85 Å². The molecule has 0 aliphatic heterocycles. The first kappa shape index (κ1) is 82.9. The van der Waals surface area contributed by atoms with E-state index in [1.165, 1.54) is 82.8 Å². The van der Waals surface area contributed by atoms with Gasteiger partial charge in [0.15, 0.2) is 0 Å². The van der Waals surface area contributed by atoms with Gasteiger partial charge >= 0.3 is 0 Å². The van der Waals surface area contributed by atoms with Crippen molar-refractivity contribution >= 4 is 161 Å². The van der Waals surface area contributed by atoms with Crippen LogP contribution >= 0.6 is 0 Å². The van der Waals surface area contributed by atoms with Crippen molar-refractivity contribution in [2.24, 2.45) is 0 Å². The smallest absolute Gasteiger partial charge is 0.271 e. The minimum atomic E-state index is -0.382. The molecular weight excluding hydrogens is 1610 g/mol. The van der Waals surface area contributed by atoms with E-state index in [1.54, 1.807) is 24.3 Å². The predicted octanol–water partition coefficient (Wildman–Crippen LogP) is 32.4. The Balaban J connectivity index is 0.000000127. The molecule has 0 amide bonds. The molecule has 628 valence electrons. The minimum Gasteiger partial charge on any atom is -0.345 e. The highest BCUT2D eigenvalue weighted by Crippen LogP contribution is 2.44. The van der Waals surface area contributed by atoms with Crippen LogP contribution in [-0.4, -0.2) is 31.0 Å². The first-order chi connectivity index (χ1) is 64.2. The van der Waals surface area contributed by atoms with Crippen molar-refractivity contribution in [3.05, 3.63) is 499 Å². The maximum atomic E-state index is 11.2. The van der Waals surface area contributed by atoms with Crippen LogP contribution < -0.4 is 29.4 Å². The third-order valence-corrected chi connectivity index (χ3v) is 24.3. The van der Waals surface area contributed by atoms with Gasteiger partial charge in [-0.3, -0.25) is 20.2 Å². The van der Waals surface area contributed by atoms with Crippen molar-refractivity contribution in [2.75, 3.05) is 50.5 Å². The molecule has 0 aliphatic carbocycles. The molecule has 0 spiro atoms. The van der Waals surface area contributed by atoms with Gasteiger partial charge in [-0.2, -0.15) is 5.26 Å². The highest BCUT2D eigenvalue weighted by molar-refractivity contribution is 5.97. The number of benzene rings is 21. The van der Waals surface area contributed by atoms with Crippen molar-refractivity contribution in [3.8, 4) is 39.4 Å². The van der Waals surface area contributed by atoms with Gasteiger partial charge in [-0.05, 0) is 286 Å². The zero-order valence-electron chi connectivity index (χ0n) is 72.2. The summed E-state index contributed by atoms with van der Waals surface area (Å²) in [5.41, 5.74) is 23.2. The van der Waals surface area contributed by atoms with Crippen LogP contribution in [0.2, 0.25) is 0 Å². The fourth-order valence-electron chi connectivity index (χ4n) is 17.1. The van der Waals surface area contributed by atoms with Crippen LogP contribution in [0.1, 0.15) is 5.56 Å². The minimum absolute atomic E-state index is 0.0764. The van der Waals surface area contributed by atoms with E-state index < -0.39 is 0 Å². The number of hydrogen-bond donors (Lipinski definition) is 0. The Morgan fingerprint density at radius 2 is 0.389 bits per heavy atom. The average molecular weight is 1700 g/mol. The molecule has 0 saturated carbocycles. The molecule has 21 rings (SSSR count). The van der Waals surface area contributed by atoms with Gasteiger partial charge in [0.05, 0.1) is 21.5 Å². The first-order valence-electron chi connectivity index (χ1n) is 43.4. The lowest BCUT2D eigenvalue weighted by Gasteiger charge is -2.26. The molecule has 0 bridgehead atoms. The van der Waals surface area contributed by atoms with Gasteiger partial charge in [0.25, 0.3) is 11.4 Å². The lowest BCUT2D eigenvalue weighted by Crippen LogP contribution is -2.10. The Morgan fingerprint density at radius 3 is 0.618 bits per heavy atom. The van der Waals surface area contributed by atoms with Gasteiger partial charge < -0.3 is 29.4 Å². The number of fused-ring (bicyclic) bond motifs is 6. The van der Waals surface area contributed by atoms with Crippen molar-refractivity contribution in [1.29, 1.82) is 5.26 Å². The lowest BCUT2D eigenvalue weighted by molar-refractivity contribution is -0.385.